The van der Waals surface area contributed by atoms with E-state index in [-0.39, 0.29) is 0 Å². The second kappa shape index (κ2) is 6.13. The van der Waals surface area contributed by atoms with Crippen LogP contribution in [0.4, 0.5) is 0 Å². The van der Waals surface area contributed by atoms with Crippen molar-refractivity contribution in [2.24, 2.45) is 0 Å². The monoisotopic (exact) mass is 378 g/mol. The molecule has 0 bridgehead atoms. The molecule has 0 saturated heterocycles. The maximum Gasteiger partial charge on any atom is 0.183 e. The number of nitrogens with zero attached hydrogens (tertiary/aromatic N) is 1. The summed E-state index contributed by atoms with van der Waals surface area (Å²) >= 11 is 8.40. The Morgan fingerprint density at radius 3 is 2.94 bits per heavy atom. The van der Waals surface area contributed by atoms with Crippen LogP contribution in [0.15, 0.2) is 31.2 Å². The first-order valence-electron chi connectivity index (χ1n) is 5.20. The molecule has 2 rings (SSSR count). The number of rotatable bonds is 5. The van der Waals surface area contributed by atoms with Gasteiger partial charge in [0.1, 0.15) is 5.76 Å². The Balaban J connectivity index is 1.80. The highest BCUT2D eigenvalue weighted by Gasteiger charge is 2.09. The van der Waals surface area contributed by atoms with Crippen LogP contribution < -0.4 is 5.32 Å². The number of nitrogens with one attached hydrogen (secondary N) is 1. The first-order chi connectivity index (χ1) is 8.16. The molecule has 3 nitrogen and oxygen atoms in total. The van der Waals surface area contributed by atoms with E-state index in [1.54, 1.807) is 11.3 Å². The van der Waals surface area contributed by atoms with E-state index in [2.05, 4.69) is 49.1 Å². The van der Waals surface area contributed by atoms with Gasteiger partial charge in [-0.3, -0.25) is 0 Å². The van der Waals surface area contributed by atoms with Gasteiger partial charge in [-0.15, -0.1) is 11.3 Å². The van der Waals surface area contributed by atoms with Crippen LogP contribution in [0.2, 0.25) is 0 Å². The minimum atomic E-state index is 0.428. The Morgan fingerprint density at radius 1 is 1.53 bits per heavy atom. The molecular formula is C11H12Br2N2OS. The molecular weight excluding hydrogens is 368 g/mol. The second-order valence-corrected chi connectivity index (χ2v) is 6.24. The highest BCUT2D eigenvalue weighted by molar-refractivity contribution is 9.13. The van der Waals surface area contributed by atoms with Gasteiger partial charge in [0, 0.05) is 24.0 Å². The van der Waals surface area contributed by atoms with E-state index in [1.165, 1.54) is 5.01 Å². The third kappa shape index (κ3) is 3.64. The molecule has 1 atom stereocenters. The van der Waals surface area contributed by atoms with Gasteiger partial charge in [-0.1, -0.05) is 6.92 Å². The zero-order chi connectivity index (χ0) is 12.3. The van der Waals surface area contributed by atoms with E-state index in [4.69, 9.17) is 4.42 Å². The smallest absolute Gasteiger partial charge is 0.183 e. The first kappa shape index (κ1) is 13.3. The van der Waals surface area contributed by atoms with Gasteiger partial charge < -0.3 is 9.73 Å². The summed E-state index contributed by atoms with van der Waals surface area (Å²) in [7, 11) is 0. The van der Waals surface area contributed by atoms with Crippen molar-refractivity contribution >= 4 is 43.2 Å². The van der Waals surface area contributed by atoms with Crippen LogP contribution in [0.1, 0.15) is 23.6 Å². The second-order valence-electron chi connectivity index (χ2n) is 3.74. The molecule has 0 saturated carbocycles. The van der Waals surface area contributed by atoms with Crippen LogP contribution in [-0.2, 0) is 6.54 Å². The number of thiazole rings is 1. The maximum absolute atomic E-state index is 5.48. The zero-order valence-corrected chi connectivity index (χ0v) is 13.2. The molecule has 0 amide bonds. The lowest BCUT2D eigenvalue weighted by Crippen LogP contribution is -2.19. The number of hydrogen-bond donors (Lipinski definition) is 1. The van der Waals surface area contributed by atoms with Gasteiger partial charge in [-0.05, 0) is 37.9 Å². The Morgan fingerprint density at radius 2 is 2.35 bits per heavy atom. The molecule has 0 aromatic carbocycles. The number of aromatic nitrogens is 1. The SMILES string of the molecule is CC(CNCc1cc(Br)c(Br)o1)c1nccs1. The third-order valence-electron chi connectivity index (χ3n) is 2.32. The predicted octanol–water partition coefficient (Wildman–Crippen LogP) is 4.15. The molecule has 0 spiro atoms. The minimum absolute atomic E-state index is 0.428. The van der Waals surface area contributed by atoms with E-state index in [0.29, 0.717) is 5.92 Å². The molecule has 1 N–H and O–H groups in total. The average molecular weight is 380 g/mol. The summed E-state index contributed by atoms with van der Waals surface area (Å²) in [5.41, 5.74) is 0. The summed E-state index contributed by atoms with van der Waals surface area (Å²) in [6.07, 6.45) is 1.84. The van der Waals surface area contributed by atoms with E-state index < -0.39 is 0 Å². The van der Waals surface area contributed by atoms with E-state index in [0.717, 1.165) is 28.0 Å². The van der Waals surface area contributed by atoms with Gasteiger partial charge in [0.25, 0.3) is 0 Å². The first-order valence-corrected chi connectivity index (χ1v) is 7.67. The number of halogens is 2. The zero-order valence-electron chi connectivity index (χ0n) is 9.24. The molecule has 0 fully saturated rings. The summed E-state index contributed by atoms with van der Waals surface area (Å²) in [6.45, 7) is 3.78. The topological polar surface area (TPSA) is 38.1 Å². The summed E-state index contributed by atoms with van der Waals surface area (Å²) in [4.78, 5) is 4.30. The molecule has 2 aromatic heterocycles. The summed E-state index contributed by atoms with van der Waals surface area (Å²) in [5.74, 6) is 1.34. The molecule has 2 aromatic rings. The minimum Gasteiger partial charge on any atom is -0.452 e. The van der Waals surface area contributed by atoms with Gasteiger partial charge >= 0.3 is 0 Å². The molecule has 0 aliphatic carbocycles. The van der Waals surface area contributed by atoms with Gasteiger partial charge in [-0.2, -0.15) is 0 Å². The average Bonchev–Trinajstić information content (AvgIpc) is 2.90. The molecule has 1 unspecified atom stereocenters. The van der Waals surface area contributed by atoms with Crippen LogP contribution in [0.25, 0.3) is 0 Å². The fourth-order valence-corrected chi connectivity index (χ4v) is 2.81. The van der Waals surface area contributed by atoms with Crippen molar-refractivity contribution < 1.29 is 4.42 Å². The van der Waals surface area contributed by atoms with Gasteiger partial charge in [0.2, 0.25) is 0 Å². The molecule has 0 aliphatic rings. The van der Waals surface area contributed by atoms with Crippen molar-refractivity contribution in [3.05, 3.63) is 37.6 Å². The summed E-state index contributed by atoms with van der Waals surface area (Å²) < 4.78 is 7.17. The summed E-state index contributed by atoms with van der Waals surface area (Å²) in [6, 6.07) is 1.96. The normalized spacial score (nSPS) is 12.9. The lowest BCUT2D eigenvalue weighted by atomic mass is 10.2. The molecule has 6 heteroatoms. The largest absolute Gasteiger partial charge is 0.452 e. The van der Waals surface area contributed by atoms with Gasteiger partial charge in [0.15, 0.2) is 4.67 Å². The highest BCUT2D eigenvalue weighted by atomic mass is 79.9. The number of furan rings is 1. The summed E-state index contributed by atoms with van der Waals surface area (Å²) in [5, 5.41) is 6.53. The van der Waals surface area contributed by atoms with Crippen molar-refractivity contribution in [1.82, 2.24) is 10.3 Å². The van der Waals surface area contributed by atoms with Crippen LogP contribution in [0.3, 0.4) is 0 Å². The maximum atomic E-state index is 5.48. The Hall–Kier alpha value is -0.170. The number of hydrogen-bond acceptors (Lipinski definition) is 4. The fraction of sp³-hybridized carbons (Fsp3) is 0.364. The molecule has 0 aliphatic heterocycles. The van der Waals surface area contributed by atoms with Crippen LogP contribution >= 0.6 is 43.2 Å². The lowest BCUT2D eigenvalue weighted by molar-refractivity contribution is 0.459. The van der Waals surface area contributed by atoms with E-state index >= 15 is 0 Å². The quantitative estimate of drug-likeness (QED) is 0.847. The molecule has 0 radical (unpaired) electrons. The highest BCUT2D eigenvalue weighted by Crippen LogP contribution is 2.26. The molecule has 17 heavy (non-hydrogen) atoms. The van der Waals surface area contributed by atoms with E-state index in [1.807, 2.05) is 17.6 Å². The van der Waals surface area contributed by atoms with Crippen LogP contribution in [-0.4, -0.2) is 11.5 Å². The molecule has 92 valence electrons. The Kier molecular flexibility index (Phi) is 4.78. The van der Waals surface area contributed by atoms with Crippen molar-refractivity contribution in [2.45, 2.75) is 19.4 Å². The Labute approximate surface area is 121 Å². The molecule has 2 heterocycles. The van der Waals surface area contributed by atoms with Crippen LogP contribution in [0, 0.1) is 0 Å². The van der Waals surface area contributed by atoms with Crippen molar-refractivity contribution in [3.63, 3.8) is 0 Å². The fourth-order valence-electron chi connectivity index (χ4n) is 1.46. The van der Waals surface area contributed by atoms with Crippen molar-refractivity contribution in [1.29, 1.82) is 0 Å². The van der Waals surface area contributed by atoms with Gasteiger partial charge in [-0.25, -0.2) is 4.98 Å². The van der Waals surface area contributed by atoms with Gasteiger partial charge in [0.05, 0.1) is 16.0 Å². The van der Waals surface area contributed by atoms with E-state index in [9.17, 15) is 0 Å². The predicted molar refractivity (Wildman–Crippen MR) is 76.3 cm³/mol. The lowest BCUT2D eigenvalue weighted by Gasteiger charge is -2.08. The standard InChI is InChI=1S/C11H12Br2N2OS/c1-7(11-15-2-3-17-11)5-14-6-8-4-9(12)10(13)16-8/h2-4,7,14H,5-6H2,1H3. The Bertz CT molecular complexity index is 450. The van der Waals surface area contributed by atoms with Crippen molar-refractivity contribution in [2.75, 3.05) is 6.54 Å². The third-order valence-corrected chi connectivity index (χ3v) is 5.04. The van der Waals surface area contributed by atoms with Crippen molar-refractivity contribution in [3.8, 4) is 0 Å². The van der Waals surface area contributed by atoms with Crippen LogP contribution in [0.5, 0.6) is 0 Å².